The van der Waals surface area contributed by atoms with E-state index < -0.39 is 5.60 Å². The van der Waals surface area contributed by atoms with Crippen LogP contribution >= 0.6 is 11.3 Å². The van der Waals surface area contributed by atoms with Gasteiger partial charge in [0.2, 0.25) is 0 Å². The van der Waals surface area contributed by atoms with Gasteiger partial charge in [0, 0.05) is 0 Å². The van der Waals surface area contributed by atoms with E-state index in [9.17, 15) is 9.90 Å². The average molecular weight is 332 g/mol. The zero-order chi connectivity index (χ0) is 16.3. The maximum atomic E-state index is 12.0. The molecule has 2 amide bonds. The van der Waals surface area contributed by atoms with Crippen LogP contribution in [0.2, 0.25) is 0 Å². The number of fused-ring (bicyclic) bond motifs is 1. The second-order valence-corrected chi connectivity index (χ2v) is 6.64. The highest BCUT2D eigenvalue weighted by Crippen LogP contribution is 2.36. The fourth-order valence-electron chi connectivity index (χ4n) is 2.98. The molecule has 1 heterocycles. The van der Waals surface area contributed by atoms with Crippen LogP contribution in [0.25, 0.3) is 0 Å². The smallest absolute Gasteiger partial charge is 0.319 e. The molecule has 1 aromatic carbocycles. The van der Waals surface area contributed by atoms with E-state index >= 15 is 0 Å². The first kappa shape index (κ1) is 15.8. The molecule has 3 N–H and O–H groups in total. The molecule has 0 unspecified atom stereocenters. The lowest BCUT2D eigenvalue weighted by molar-refractivity contribution is 0.0220. The molecule has 1 atom stereocenters. The number of rotatable bonds is 4. The number of hydrogen-bond acceptors (Lipinski definition) is 4. The largest absolute Gasteiger partial charge is 0.497 e. The number of thiophene rings is 1. The predicted octanol–water partition coefficient (Wildman–Crippen LogP) is 3.10. The Labute approximate surface area is 139 Å². The highest BCUT2D eigenvalue weighted by Gasteiger charge is 2.34. The Bertz CT molecular complexity index is 687. The van der Waals surface area contributed by atoms with Crippen molar-refractivity contribution < 1.29 is 14.6 Å². The summed E-state index contributed by atoms with van der Waals surface area (Å²) < 4.78 is 5.25. The summed E-state index contributed by atoms with van der Waals surface area (Å²) in [6, 6.07) is 9.11. The number of aryl methyl sites for hydroxylation is 1. The molecule has 2 aromatic rings. The van der Waals surface area contributed by atoms with E-state index in [1.807, 2.05) is 35.7 Å². The van der Waals surface area contributed by atoms with Crippen molar-refractivity contribution in [2.24, 2.45) is 0 Å². The zero-order valence-corrected chi connectivity index (χ0v) is 13.8. The standard InChI is InChI=1S/C17H20N2O3S/c1-22-13-6-7-14-12(10-13)4-2-8-17(14,21)11-18-16(20)19-15-5-3-9-23-15/h3,5-7,9-10,21H,2,4,8,11H2,1H3,(H2,18,19,20)/t17-/m1/s1. The van der Waals surface area contributed by atoms with Crippen molar-refractivity contribution in [1.29, 1.82) is 0 Å². The van der Waals surface area contributed by atoms with Crippen LogP contribution in [-0.2, 0) is 12.0 Å². The first-order valence-electron chi connectivity index (χ1n) is 7.59. The SMILES string of the molecule is COc1ccc2c(c1)CCC[C@@]2(O)CNC(=O)Nc1cccs1. The van der Waals surface area contributed by atoms with Gasteiger partial charge in [-0.25, -0.2) is 4.79 Å². The third kappa shape index (κ3) is 3.48. The van der Waals surface area contributed by atoms with Crippen LogP contribution in [0.1, 0.15) is 24.0 Å². The summed E-state index contributed by atoms with van der Waals surface area (Å²) in [6.07, 6.45) is 2.42. The molecule has 0 radical (unpaired) electrons. The van der Waals surface area contributed by atoms with Crippen molar-refractivity contribution in [2.75, 3.05) is 19.0 Å². The van der Waals surface area contributed by atoms with Gasteiger partial charge in [0.05, 0.1) is 18.7 Å². The number of urea groups is 1. The molecule has 3 rings (SSSR count). The first-order chi connectivity index (χ1) is 11.1. The minimum atomic E-state index is -1.04. The lowest BCUT2D eigenvalue weighted by Gasteiger charge is -2.34. The second-order valence-electron chi connectivity index (χ2n) is 5.69. The van der Waals surface area contributed by atoms with E-state index in [1.54, 1.807) is 7.11 Å². The lowest BCUT2D eigenvalue weighted by atomic mass is 9.79. The number of hydrogen-bond donors (Lipinski definition) is 3. The van der Waals surface area contributed by atoms with Crippen molar-refractivity contribution in [3.8, 4) is 5.75 Å². The number of amides is 2. The molecular weight excluding hydrogens is 312 g/mol. The van der Waals surface area contributed by atoms with E-state index in [1.165, 1.54) is 11.3 Å². The summed E-state index contributed by atoms with van der Waals surface area (Å²) in [5.41, 5.74) is 0.923. The minimum absolute atomic E-state index is 0.184. The maximum Gasteiger partial charge on any atom is 0.319 e. The van der Waals surface area contributed by atoms with Crippen LogP contribution in [0.5, 0.6) is 5.75 Å². The van der Waals surface area contributed by atoms with Gasteiger partial charge in [-0.3, -0.25) is 5.32 Å². The molecule has 1 aromatic heterocycles. The third-order valence-electron chi connectivity index (χ3n) is 4.15. The molecule has 0 saturated heterocycles. The molecule has 0 fully saturated rings. The number of carbonyl (C=O) groups is 1. The summed E-state index contributed by atoms with van der Waals surface area (Å²) in [4.78, 5) is 12.0. The molecule has 0 aliphatic heterocycles. The zero-order valence-electron chi connectivity index (χ0n) is 13.0. The number of aliphatic hydroxyl groups is 1. The van der Waals surface area contributed by atoms with Gasteiger partial charge in [-0.15, -0.1) is 11.3 Å². The monoisotopic (exact) mass is 332 g/mol. The van der Waals surface area contributed by atoms with Gasteiger partial charge >= 0.3 is 6.03 Å². The highest BCUT2D eigenvalue weighted by molar-refractivity contribution is 7.14. The van der Waals surface area contributed by atoms with Crippen molar-refractivity contribution in [2.45, 2.75) is 24.9 Å². The van der Waals surface area contributed by atoms with E-state index in [0.717, 1.165) is 34.7 Å². The van der Waals surface area contributed by atoms with E-state index in [2.05, 4.69) is 10.6 Å². The van der Waals surface area contributed by atoms with E-state index in [0.29, 0.717) is 6.42 Å². The molecule has 0 spiro atoms. The Hall–Kier alpha value is -2.05. The van der Waals surface area contributed by atoms with Crippen LogP contribution in [0.15, 0.2) is 35.7 Å². The van der Waals surface area contributed by atoms with E-state index in [-0.39, 0.29) is 12.6 Å². The first-order valence-corrected chi connectivity index (χ1v) is 8.47. The van der Waals surface area contributed by atoms with Crippen molar-refractivity contribution in [1.82, 2.24) is 5.32 Å². The van der Waals surface area contributed by atoms with Crippen LogP contribution < -0.4 is 15.4 Å². The number of methoxy groups -OCH3 is 1. The molecule has 23 heavy (non-hydrogen) atoms. The van der Waals surface area contributed by atoms with Gasteiger partial charge in [0.15, 0.2) is 0 Å². The number of carbonyl (C=O) groups excluding carboxylic acids is 1. The summed E-state index contributed by atoms with van der Waals surface area (Å²) in [6.45, 7) is 0.184. The topological polar surface area (TPSA) is 70.6 Å². The predicted molar refractivity (Wildman–Crippen MR) is 91.2 cm³/mol. The second kappa shape index (κ2) is 6.60. The van der Waals surface area contributed by atoms with Gasteiger partial charge < -0.3 is 15.2 Å². The lowest BCUT2D eigenvalue weighted by Crippen LogP contribution is -2.44. The Kier molecular flexibility index (Phi) is 4.54. The number of anilines is 1. The molecule has 5 nitrogen and oxygen atoms in total. The van der Waals surface area contributed by atoms with Gasteiger partial charge in [0.1, 0.15) is 11.4 Å². The number of nitrogens with one attached hydrogen (secondary N) is 2. The fraction of sp³-hybridized carbons (Fsp3) is 0.353. The number of benzene rings is 1. The summed E-state index contributed by atoms with van der Waals surface area (Å²) >= 11 is 1.46. The van der Waals surface area contributed by atoms with Gasteiger partial charge in [0.25, 0.3) is 0 Å². The maximum absolute atomic E-state index is 12.0. The Balaban J connectivity index is 1.69. The Morgan fingerprint density at radius 1 is 1.43 bits per heavy atom. The molecule has 6 heteroatoms. The van der Waals surface area contributed by atoms with Gasteiger partial charge in [-0.1, -0.05) is 6.07 Å². The third-order valence-corrected chi connectivity index (χ3v) is 4.93. The molecular formula is C17H20N2O3S. The average Bonchev–Trinajstić information content (AvgIpc) is 3.06. The summed E-state index contributed by atoms with van der Waals surface area (Å²) in [5, 5.41) is 19.2. The van der Waals surface area contributed by atoms with Crippen LogP contribution in [0.3, 0.4) is 0 Å². The normalized spacial score (nSPS) is 19.7. The summed E-state index contributed by atoms with van der Waals surface area (Å²) in [5.74, 6) is 0.788. The van der Waals surface area contributed by atoms with Crippen molar-refractivity contribution in [3.05, 3.63) is 46.8 Å². The van der Waals surface area contributed by atoms with Gasteiger partial charge in [-0.05, 0) is 60.0 Å². The van der Waals surface area contributed by atoms with E-state index in [4.69, 9.17) is 4.74 Å². The van der Waals surface area contributed by atoms with Crippen LogP contribution in [0, 0.1) is 0 Å². The summed E-state index contributed by atoms with van der Waals surface area (Å²) in [7, 11) is 1.63. The van der Waals surface area contributed by atoms with Crippen molar-refractivity contribution >= 4 is 22.4 Å². The number of ether oxygens (including phenoxy) is 1. The quantitative estimate of drug-likeness (QED) is 0.806. The fourth-order valence-corrected chi connectivity index (χ4v) is 3.59. The van der Waals surface area contributed by atoms with Crippen molar-refractivity contribution in [3.63, 3.8) is 0 Å². The van der Waals surface area contributed by atoms with Gasteiger partial charge in [-0.2, -0.15) is 0 Å². The minimum Gasteiger partial charge on any atom is -0.497 e. The molecule has 1 aliphatic carbocycles. The molecule has 0 saturated carbocycles. The van der Waals surface area contributed by atoms with Crippen LogP contribution in [0.4, 0.5) is 9.80 Å². The highest BCUT2D eigenvalue weighted by atomic mass is 32.1. The Morgan fingerprint density at radius 2 is 2.30 bits per heavy atom. The Morgan fingerprint density at radius 3 is 3.04 bits per heavy atom. The molecule has 0 bridgehead atoms. The molecule has 1 aliphatic rings. The molecule has 122 valence electrons. The van der Waals surface area contributed by atoms with Crippen LogP contribution in [-0.4, -0.2) is 24.8 Å².